The molecule has 0 spiro atoms. The van der Waals surface area contributed by atoms with E-state index in [0.29, 0.717) is 17.1 Å². The quantitative estimate of drug-likeness (QED) is 0.603. The van der Waals surface area contributed by atoms with Crippen molar-refractivity contribution in [1.29, 1.82) is 0 Å². The van der Waals surface area contributed by atoms with E-state index in [1.54, 1.807) is 24.5 Å². The Kier molecular flexibility index (Phi) is 3.74. The number of aryl methyl sites for hydroxylation is 1. The number of oxazole rings is 1. The molecule has 4 aromatic rings. The van der Waals surface area contributed by atoms with Gasteiger partial charge in [-0.15, -0.1) is 0 Å². The predicted octanol–water partition coefficient (Wildman–Crippen LogP) is 4.45. The van der Waals surface area contributed by atoms with Crippen molar-refractivity contribution < 1.29 is 9.21 Å². The summed E-state index contributed by atoms with van der Waals surface area (Å²) >= 11 is 0. The lowest BCUT2D eigenvalue weighted by Gasteiger charge is -2.05. The van der Waals surface area contributed by atoms with Crippen LogP contribution in [-0.2, 0) is 0 Å². The number of anilines is 1. The fourth-order valence-electron chi connectivity index (χ4n) is 2.56. The molecule has 4 rings (SSSR count). The van der Waals surface area contributed by atoms with Crippen molar-refractivity contribution in [2.45, 2.75) is 6.92 Å². The summed E-state index contributed by atoms with van der Waals surface area (Å²) in [5, 5.41) is 2.85. The minimum atomic E-state index is -0.174. The van der Waals surface area contributed by atoms with Gasteiger partial charge >= 0.3 is 0 Å². The summed E-state index contributed by atoms with van der Waals surface area (Å²) in [5.74, 6) is 0.389. The van der Waals surface area contributed by atoms with Crippen LogP contribution in [0.15, 0.2) is 71.4 Å². The first-order valence-corrected chi connectivity index (χ1v) is 7.88. The molecule has 1 amide bonds. The number of aromatic nitrogens is 2. The number of hydrogen-bond acceptors (Lipinski definition) is 4. The van der Waals surface area contributed by atoms with E-state index in [0.717, 1.165) is 22.2 Å². The van der Waals surface area contributed by atoms with E-state index in [1.165, 1.54) is 0 Å². The van der Waals surface area contributed by atoms with E-state index >= 15 is 0 Å². The topological polar surface area (TPSA) is 68.0 Å². The second-order valence-electron chi connectivity index (χ2n) is 5.76. The molecule has 0 saturated heterocycles. The highest BCUT2D eigenvalue weighted by atomic mass is 16.3. The molecule has 0 radical (unpaired) electrons. The van der Waals surface area contributed by atoms with Gasteiger partial charge in [-0.2, -0.15) is 0 Å². The second kappa shape index (κ2) is 6.20. The normalized spacial score (nSPS) is 10.8. The second-order valence-corrected chi connectivity index (χ2v) is 5.76. The van der Waals surface area contributed by atoms with Gasteiger partial charge in [0.15, 0.2) is 5.58 Å². The zero-order valence-electron chi connectivity index (χ0n) is 13.6. The zero-order valence-corrected chi connectivity index (χ0v) is 13.6. The zero-order chi connectivity index (χ0) is 17.2. The molecule has 0 aliphatic carbocycles. The van der Waals surface area contributed by atoms with Crippen LogP contribution in [0.1, 0.15) is 15.9 Å². The summed E-state index contributed by atoms with van der Waals surface area (Å²) in [7, 11) is 0. The highest BCUT2D eigenvalue weighted by Gasteiger charge is 2.09. The average Bonchev–Trinajstić information content (AvgIpc) is 3.06. The molecule has 0 saturated carbocycles. The maximum atomic E-state index is 12.1. The number of nitrogens with one attached hydrogen (secondary N) is 1. The highest BCUT2D eigenvalue weighted by molar-refractivity contribution is 6.04. The Morgan fingerprint density at radius 2 is 1.76 bits per heavy atom. The van der Waals surface area contributed by atoms with Gasteiger partial charge in [0.2, 0.25) is 5.89 Å². The highest BCUT2D eigenvalue weighted by Crippen LogP contribution is 2.26. The molecule has 0 atom stereocenters. The monoisotopic (exact) mass is 329 g/mol. The van der Waals surface area contributed by atoms with Crippen LogP contribution in [0.5, 0.6) is 0 Å². The Hall–Kier alpha value is -3.47. The van der Waals surface area contributed by atoms with Gasteiger partial charge in [-0.1, -0.05) is 6.07 Å². The van der Waals surface area contributed by atoms with Crippen LogP contribution in [0.4, 0.5) is 5.69 Å². The summed E-state index contributed by atoms with van der Waals surface area (Å²) in [5.41, 5.74) is 4.85. The minimum absolute atomic E-state index is 0.174. The van der Waals surface area contributed by atoms with E-state index in [-0.39, 0.29) is 5.91 Å². The van der Waals surface area contributed by atoms with Crippen molar-refractivity contribution in [2.75, 3.05) is 5.32 Å². The SMILES string of the molecule is Cc1ccc2nc(-c3ccc(NC(=O)c4ccncc4)cc3)oc2c1. The number of rotatable bonds is 3. The predicted molar refractivity (Wildman–Crippen MR) is 96.4 cm³/mol. The molecule has 2 aromatic carbocycles. The number of benzene rings is 2. The van der Waals surface area contributed by atoms with Crippen LogP contribution in [-0.4, -0.2) is 15.9 Å². The number of hydrogen-bond donors (Lipinski definition) is 1. The maximum absolute atomic E-state index is 12.1. The Bertz CT molecular complexity index is 1040. The number of pyridine rings is 1. The smallest absolute Gasteiger partial charge is 0.255 e. The third kappa shape index (κ3) is 3.12. The van der Waals surface area contributed by atoms with Crippen molar-refractivity contribution in [1.82, 2.24) is 9.97 Å². The fraction of sp³-hybridized carbons (Fsp3) is 0.0500. The molecule has 122 valence electrons. The van der Waals surface area contributed by atoms with E-state index in [4.69, 9.17) is 4.42 Å². The van der Waals surface area contributed by atoms with Gasteiger partial charge in [0, 0.05) is 29.2 Å². The van der Waals surface area contributed by atoms with Crippen molar-refractivity contribution in [2.24, 2.45) is 0 Å². The molecule has 0 fully saturated rings. The van der Waals surface area contributed by atoms with Crippen molar-refractivity contribution in [3.05, 3.63) is 78.1 Å². The van der Waals surface area contributed by atoms with Crippen molar-refractivity contribution in [3.8, 4) is 11.5 Å². The molecule has 2 aromatic heterocycles. The van der Waals surface area contributed by atoms with E-state index in [1.807, 2.05) is 49.4 Å². The summed E-state index contributed by atoms with van der Waals surface area (Å²) in [6.07, 6.45) is 3.18. The van der Waals surface area contributed by atoms with Crippen molar-refractivity contribution in [3.63, 3.8) is 0 Å². The lowest BCUT2D eigenvalue weighted by molar-refractivity contribution is 0.102. The number of fused-ring (bicyclic) bond motifs is 1. The van der Waals surface area contributed by atoms with Crippen LogP contribution >= 0.6 is 0 Å². The standard InChI is InChI=1S/C20H15N3O2/c1-13-2-7-17-18(12-13)25-20(23-17)15-3-5-16(6-4-15)22-19(24)14-8-10-21-11-9-14/h2-12H,1H3,(H,22,24). The molecular formula is C20H15N3O2. The average molecular weight is 329 g/mol. The van der Waals surface area contributed by atoms with Crippen LogP contribution in [0, 0.1) is 6.92 Å². The van der Waals surface area contributed by atoms with Crippen LogP contribution in [0.25, 0.3) is 22.6 Å². The lowest BCUT2D eigenvalue weighted by atomic mass is 10.2. The van der Waals surface area contributed by atoms with Gasteiger partial charge in [-0.25, -0.2) is 4.98 Å². The van der Waals surface area contributed by atoms with Gasteiger partial charge < -0.3 is 9.73 Å². The first kappa shape index (κ1) is 15.1. The van der Waals surface area contributed by atoms with Crippen molar-refractivity contribution >= 4 is 22.7 Å². The molecule has 2 heterocycles. The Balaban J connectivity index is 1.56. The van der Waals surface area contributed by atoms with Crippen LogP contribution < -0.4 is 5.32 Å². The molecule has 1 N–H and O–H groups in total. The molecule has 25 heavy (non-hydrogen) atoms. The molecule has 0 aliphatic rings. The number of nitrogens with zero attached hydrogens (tertiary/aromatic N) is 2. The first-order valence-electron chi connectivity index (χ1n) is 7.88. The van der Waals surface area contributed by atoms with Gasteiger partial charge in [-0.3, -0.25) is 9.78 Å². The Labute approximate surface area is 144 Å². The number of amides is 1. The fourth-order valence-corrected chi connectivity index (χ4v) is 2.56. The molecule has 0 unspecified atom stereocenters. The molecule has 5 nitrogen and oxygen atoms in total. The van der Waals surface area contributed by atoms with E-state index in [9.17, 15) is 4.79 Å². The Morgan fingerprint density at radius 1 is 1.00 bits per heavy atom. The van der Waals surface area contributed by atoms with Gasteiger partial charge in [0.25, 0.3) is 5.91 Å². The summed E-state index contributed by atoms with van der Waals surface area (Å²) in [6.45, 7) is 2.02. The lowest BCUT2D eigenvalue weighted by Crippen LogP contribution is -2.11. The summed E-state index contributed by atoms with van der Waals surface area (Å²) in [6, 6.07) is 16.7. The maximum Gasteiger partial charge on any atom is 0.255 e. The third-order valence-corrected chi connectivity index (χ3v) is 3.88. The van der Waals surface area contributed by atoms with Gasteiger partial charge in [0.1, 0.15) is 5.52 Å². The third-order valence-electron chi connectivity index (χ3n) is 3.88. The first-order chi connectivity index (χ1) is 12.2. The van der Waals surface area contributed by atoms with Crippen LogP contribution in [0.3, 0.4) is 0 Å². The summed E-state index contributed by atoms with van der Waals surface area (Å²) in [4.78, 5) is 20.6. The molecular weight excluding hydrogens is 314 g/mol. The van der Waals surface area contributed by atoms with Gasteiger partial charge in [0.05, 0.1) is 0 Å². The number of carbonyl (C=O) groups excluding carboxylic acids is 1. The Morgan fingerprint density at radius 3 is 2.52 bits per heavy atom. The molecule has 0 bridgehead atoms. The van der Waals surface area contributed by atoms with Crippen LogP contribution in [0.2, 0.25) is 0 Å². The molecule has 5 heteroatoms. The van der Waals surface area contributed by atoms with E-state index < -0.39 is 0 Å². The summed E-state index contributed by atoms with van der Waals surface area (Å²) < 4.78 is 5.82. The molecule has 0 aliphatic heterocycles. The van der Waals surface area contributed by atoms with Gasteiger partial charge in [-0.05, 0) is 61.0 Å². The number of carbonyl (C=O) groups is 1. The minimum Gasteiger partial charge on any atom is -0.436 e. The largest absolute Gasteiger partial charge is 0.436 e. The van der Waals surface area contributed by atoms with E-state index in [2.05, 4.69) is 15.3 Å².